The smallest absolute Gasteiger partial charge is 0.127 e. The van der Waals surface area contributed by atoms with Gasteiger partial charge in [-0.1, -0.05) is 25.1 Å². The van der Waals surface area contributed by atoms with Crippen LogP contribution in [0.15, 0.2) is 24.3 Å². The number of ether oxygens (including phenoxy) is 1. The van der Waals surface area contributed by atoms with E-state index >= 15 is 0 Å². The molecule has 1 saturated carbocycles. The van der Waals surface area contributed by atoms with Crippen LogP contribution >= 0.6 is 0 Å². The van der Waals surface area contributed by atoms with Gasteiger partial charge in [0.2, 0.25) is 0 Å². The number of nitrogens with zero attached hydrogens (tertiary/aromatic N) is 1. The molecule has 3 nitrogen and oxygen atoms in total. The minimum absolute atomic E-state index is 0.0833. The van der Waals surface area contributed by atoms with E-state index in [1.54, 1.807) is 19.2 Å². The Morgan fingerprint density at radius 1 is 1.33 bits per heavy atom. The lowest BCUT2D eigenvalue weighted by Crippen LogP contribution is -2.33. The first-order chi connectivity index (χ1) is 10.3. The maximum Gasteiger partial charge on any atom is 0.127 e. The predicted octanol–water partition coefficient (Wildman–Crippen LogP) is 2.98. The average molecular weight is 294 g/mol. The molecule has 1 N–H and O–H groups in total. The molecular weight excluding hydrogens is 267 g/mol. The number of nitrogens with one attached hydrogen (secondary N) is 1. The van der Waals surface area contributed by atoms with Gasteiger partial charge < -0.3 is 10.1 Å². The topological polar surface area (TPSA) is 24.5 Å². The Morgan fingerprint density at radius 3 is 2.71 bits per heavy atom. The molecule has 1 fully saturated rings. The Kier molecular flexibility index (Phi) is 6.61. The van der Waals surface area contributed by atoms with E-state index in [1.807, 2.05) is 12.1 Å². The van der Waals surface area contributed by atoms with E-state index in [0.29, 0.717) is 6.04 Å². The van der Waals surface area contributed by atoms with Crippen LogP contribution in [0.1, 0.15) is 37.8 Å². The summed E-state index contributed by atoms with van der Waals surface area (Å²) in [5.41, 5.74) is 0.779. The van der Waals surface area contributed by atoms with Crippen molar-refractivity contribution in [1.29, 1.82) is 0 Å². The quantitative estimate of drug-likeness (QED) is 0.718. The second-order valence-electron chi connectivity index (χ2n) is 5.68. The maximum absolute atomic E-state index is 14.0. The van der Waals surface area contributed by atoms with Crippen LogP contribution in [0.5, 0.6) is 0 Å². The first-order valence-electron chi connectivity index (χ1n) is 7.97. The van der Waals surface area contributed by atoms with E-state index in [-0.39, 0.29) is 11.9 Å². The van der Waals surface area contributed by atoms with E-state index in [0.717, 1.165) is 38.2 Å². The van der Waals surface area contributed by atoms with Gasteiger partial charge in [0.05, 0.1) is 6.61 Å². The van der Waals surface area contributed by atoms with Crippen LogP contribution < -0.4 is 5.32 Å². The Labute approximate surface area is 127 Å². The summed E-state index contributed by atoms with van der Waals surface area (Å²) in [7, 11) is 1.74. The fourth-order valence-electron chi connectivity index (χ4n) is 2.79. The predicted molar refractivity (Wildman–Crippen MR) is 83.9 cm³/mol. The highest BCUT2D eigenvalue weighted by molar-refractivity contribution is 5.21. The van der Waals surface area contributed by atoms with E-state index < -0.39 is 0 Å². The molecule has 0 aliphatic heterocycles. The summed E-state index contributed by atoms with van der Waals surface area (Å²) in [6, 6.07) is 7.88. The molecule has 0 aromatic heterocycles. The average Bonchev–Trinajstić information content (AvgIpc) is 3.31. The minimum atomic E-state index is -0.113. The van der Waals surface area contributed by atoms with Crippen molar-refractivity contribution < 1.29 is 9.13 Å². The second-order valence-corrected chi connectivity index (χ2v) is 5.68. The summed E-state index contributed by atoms with van der Waals surface area (Å²) >= 11 is 0. The van der Waals surface area contributed by atoms with E-state index in [4.69, 9.17) is 4.74 Å². The van der Waals surface area contributed by atoms with Crippen LogP contribution in [0.3, 0.4) is 0 Å². The van der Waals surface area contributed by atoms with Crippen LogP contribution in [0.25, 0.3) is 0 Å². The first-order valence-corrected chi connectivity index (χ1v) is 7.97. The first kappa shape index (κ1) is 16.4. The Balaban J connectivity index is 1.94. The van der Waals surface area contributed by atoms with Crippen molar-refractivity contribution in [2.24, 2.45) is 0 Å². The Morgan fingerprint density at radius 2 is 2.10 bits per heavy atom. The molecule has 0 radical (unpaired) electrons. The molecule has 1 atom stereocenters. The van der Waals surface area contributed by atoms with Gasteiger partial charge >= 0.3 is 0 Å². The zero-order chi connectivity index (χ0) is 15.1. The van der Waals surface area contributed by atoms with Crippen molar-refractivity contribution in [2.75, 3.05) is 33.4 Å². The van der Waals surface area contributed by atoms with Gasteiger partial charge in [0.25, 0.3) is 0 Å². The van der Waals surface area contributed by atoms with Crippen molar-refractivity contribution in [3.8, 4) is 0 Å². The number of benzene rings is 1. The summed E-state index contributed by atoms with van der Waals surface area (Å²) in [5.74, 6) is -0.113. The summed E-state index contributed by atoms with van der Waals surface area (Å²) in [5, 5.41) is 3.41. The summed E-state index contributed by atoms with van der Waals surface area (Å²) in [4.78, 5) is 2.48. The number of methoxy groups -OCH3 is 1. The second kappa shape index (κ2) is 8.47. The number of hydrogen-bond acceptors (Lipinski definition) is 3. The lowest BCUT2D eigenvalue weighted by molar-refractivity contribution is 0.140. The van der Waals surface area contributed by atoms with E-state index in [1.165, 1.54) is 12.8 Å². The Bertz CT molecular complexity index is 423. The zero-order valence-electron chi connectivity index (χ0n) is 13.1. The van der Waals surface area contributed by atoms with E-state index in [9.17, 15) is 4.39 Å². The molecule has 0 saturated heterocycles. The molecule has 0 amide bonds. The van der Waals surface area contributed by atoms with Crippen molar-refractivity contribution in [1.82, 2.24) is 10.2 Å². The summed E-state index contributed by atoms with van der Waals surface area (Å²) < 4.78 is 19.2. The van der Waals surface area contributed by atoms with Crippen LogP contribution in [0.2, 0.25) is 0 Å². The van der Waals surface area contributed by atoms with Gasteiger partial charge in [-0.05, 0) is 31.9 Å². The molecule has 4 heteroatoms. The SMILES string of the molecule is CCNC(CCN(CCOC)C1CC1)c1ccccc1F. The summed E-state index contributed by atoms with van der Waals surface area (Å²) in [6.07, 6.45) is 3.50. The lowest BCUT2D eigenvalue weighted by atomic mass is 10.0. The molecule has 118 valence electrons. The van der Waals surface area contributed by atoms with Gasteiger partial charge in [-0.15, -0.1) is 0 Å². The normalized spacial score (nSPS) is 16.4. The van der Waals surface area contributed by atoms with E-state index in [2.05, 4.69) is 17.1 Å². The monoisotopic (exact) mass is 294 g/mol. The largest absolute Gasteiger partial charge is 0.383 e. The standard InChI is InChI=1S/C17H27FN2O/c1-3-19-17(15-6-4-5-7-16(15)18)10-11-20(12-13-21-2)14-8-9-14/h4-7,14,17,19H,3,8-13H2,1-2H3. The fourth-order valence-corrected chi connectivity index (χ4v) is 2.79. The van der Waals surface area contributed by atoms with Crippen LogP contribution in [0.4, 0.5) is 4.39 Å². The van der Waals surface area contributed by atoms with Gasteiger partial charge in [-0.25, -0.2) is 4.39 Å². The molecule has 1 unspecified atom stereocenters. The maximum atomic E-state index is 14.0. The molecule has 0 heterocycles. The molecule has 1 aromatic rings. The van der Waals surface area contributed by atoms with Gasteiger partial charge in [-0.3, -0.25) is 4.90 Å². The molecule has 0 bridgehead atoms. The molecular formula is C17H27FN2O. The third-order valence-corrected chi connectivity index (χ3v) is 4.08. The highest BCUT2D eigenvalue weighted by Crippen LogP contribution is 2.28. The molecule has 1 aliphatic carbocycles. The zero-order valence-corrected chi connectivity index (χ0v) is 13.1. The number of hydrogen-bond donors (Lipinski definition) is 1. The number of rotatable bonds is 10. The molecule has 2 rings (SSSR count). The molecule has 1 aliphatic rings. The molecule has 21 heavy (non-hydrogen) atoms. The Hall–Kier alpha value is -0.970. The van der Waals surface area contributed by atoms with Crippen molar-refractivity contribution in [2.45, 2.75) is 38.3 Å². The fraction of sp³-hybridized carbons (Fsp3) is 0.647. The number of halogens is 1. The molecule has 0 spiro atoms. The van der Waals surface area contributed by atoms with Crippen LogP contribution in [-0.2, 0) is 4.74 Å². The highest BCUT2D eigenvalue weighted by Gasteiger charge is 2.29. The summed E-state index contributed by atoms with van der Waals surface area (Å²) in [6.45, 7) is 5.64. The third kappa shape index (κ3) is 5.06. The molecule has 1 aromatic carbocycles. The van der Waals surface area contributed by atoms with Crippen molar-refractivity contribution >= 4 is 0 Å². The minimum Gasteiger partial charge on any atom is -0.383 e. The van der Waals surface area contributed by atoms with Gasteiger partial charge in [0.15, 0.2) is 0 Å². The lowest BCUT2D eigenvalue weighted by Gasteiger charge is -2.25. The van der Waals surface area contributed by atoms with Crippen LogP contribution in [0, 0.1) is 5.82 Å². The van der Waals surface area contributed by atoms with Gasteiger partial charge in [-0.2, -0.15) is 0 Å². The van der Waals surface area contributed by atoms with Gasteiger partial charge in [0.1, 0.15) is 5.82 Å². The van der Waals surface area contributed by atoms with Gasteiger partial charge in [0, 0.05) is 37.8 Å². The van der Waals surface area contributed by atoms with Crippen LogP contribution in [-0.4, -0.2) is 44.3 Å². The highest BCUT2D eigenvalue weighted by atomic mass is 19.1. The third-order valence-electron chi connectivity index (χ3n) is 4.08. The van der Waals surface area contributed by atoms with Crippen molar-refractivity contribution in [3.05, 3.63) is 35.6 Å². The van der Waals surface area contributed by atoms with Crippen molar-refractivity contribution in [3.63, 3.8) is 0 Å².